The van der Waals surface area contributed by atoms with Crippen LogP contribution in [0.3, 0.4) is 0 Å². The highest BCUT2D eigenvalue weighted by Crippen LogP contribution is 2.27. The number of hydrogen-bond acceptors (Lipinski definition) is 3. The summed E-state index contributed by atoms with van der Waals surface area (Å²) in [7, 11) is 0. The Balaban J connectivity index is 2.26. The van der Waals surface area contributed by atoms with Crippen LogP contribution in [0.15, 0.2) is 53.4 Å². The highest BCUT2D eigenvalue weighted by Gasteiger charge is 2.13. The van der Waals surface area contributed by atoms with E-state index in [1.54, 1.807) is 0 Å². The molecule has 0 unspecified atom stereocenters. The Hall–Kier alpha value is -2.27. The third-order valence-electron chi connectivity index (χ3n) is 2.70. The van der Waals surface area contributed by atoms with Gasteiger partial charge < -0.3 is 10.2 Å². The van der Waals surface area contributed by atoms with Gasteiger partial charge in [0.15, 0.2) is 0 Å². The molecule has 102 valence electrons. The van der Waals surface area contributed by atoms with Gasteiger partial charge in [-0.3, -0.25) is 0 Å². The van der Waals surface area contributed by atoms with Crippen molar-refractivity contribution in [3.05, 3.63) is 65.2 Å². The van der Waals surface area contributed by atoms with Crippen molar-refractivity contribution in [2.45, 2.75) is 10.6 Å². The van der Waals surface area contributed by atoms with Crippen LogP contribution >= 0.6 is 11.8 Å². The van der Waals surface area contributed by atoms with E-state index in [4.69, 9.17) is 10.2 Å². The largest absolute Gasteiger partial charge is 0.478 e. The molecule has 0 saturated heterocycles. The van der Waals surface area contributed by atoms with Crippen LogP contribution in [0.4, 0.5) is 0 Å². The lowest BCUT2D eigenvalue weighted by Gasteiger charge is -2.07. The number of thioether (sulfide) groups is 1. The molecule has 0 aliphatic heterocycles. The number of carboxylic acid groups (broad SMARTS) is 2. The fourth-order valence-electron chi connectivity index (χ4n) is 1.69. The minimum atomic E-state index is -1.07. The fourth-order valence-corrected chi connectivity index (χ4v) is 2.72. The van der Waals surface area contributed by atoms with Crippen LogP contribution in [0.5, 0.6) is 0 Å². The van der Waals surface area contributed by atoms with Gasteiger partial charge in [0.1, 0.15) is 0 Å². The predicted molar refractivity (Wildman–Crippen MR) is 76.4 cm³/mol. The van der Waals surface area contributed by atoms with Crippen molar-refractivity contribution >= 4 is 23.7 Å². The van der Waals surface area contributed by atoms with Crippen molar-refractivity contribution in [1.29, 1.82) is 0 Å². The van der Waals surface area contributed by atoms with E-state index in [0.717, 1.165) is 5.56 Å². The van der Waals surface area contributed by atoms with Crippen LogP contribution < -0.4 is 0 Å². The number of benzene rings is 2. The predicted octanol–water partition coefficient (Wildman–Crippen LogP) is 3.38. The molecule has 0 bridgehead atoms. The Bertz CT molecular complexity index is 638. The molecule has 2 N–H and O–H groups in total. The first-order chi connectivity index (χ1) is 9.58. The van der Waals surface area contributed by atoms with Gasteiger partial charge in [0.25, 0.3) is 0 Å². The van der Waals surface area contributed by atoms with Gasteiger partial charge in [0.05, 0.1) is 11.1 Å². The maximum absolute atomic E-state index is 11.2. The second kappa shape index (κ2) is 6.25. The number of hydrogen-bond donors (Lipinski definition) is 2. The summed E-state index contributed by atoms with van der Waals surface area (Å²) in [5.74, 6) is -1.54. The SMILES string of the molecule is O=C(O)c1ccc(C(=O)O)c(SCc2ccccc2)c1. The highest BCUT2D eigenvalue weighted by atomic mass is 32.2. The average Bonchev–Trinajstić information content (AvgIpc) is 2.45. The summed E-state index contributed by atoms with van der Waals surface area (Å²) in [4.78, 5) is 22.6. The van der Waals surface area contributed by atoms with Crippen LogP contribution in [0.1, 0.15) is 26.3 Å². The zero-order valence-corrected chi connectivity index (χ0v) is 11.3. The molecule has 0 atom stereocenters. The normalized spacial score (nSPS) is 10.2. The molecular weight excluding hydrogens is 276 g/mol. The molecule has 0 fully saturated rings. The third-order valence-corrected chi connectivity index (χ3v) is 3.82. The second-order valence-electron chi connectivity index (χ2n) is 4.10. The molecule has 0 aromatic heterocycles. The monoisotopic (exact) mass is 288 g/mol. The standard InChI is InChI=1S/C15H12O4S/c16-14(17)11-6-7-12(15(18)19)13(8-11)20-9-10-4-2-1-3-5-10/h1-8H,9H2,(H,16,17)(H,18,19). The quantitative estimate of drug-likeness (QED) is 0.825. The molecule has 2 aromatic rings. The van der Waals surface area contributed by atoms with Crippen molar-refractivity contribution in [3.63, 3.8) is 0 Å². The van der Waals surface area contributed by atoms with Gasteiger partial charge in [-0.25, -0.2) is 9.59 Å². The van der Waals surface area contributed by atoms with Crippen LogP contribution in [0.2, 0.25) is 0 Å². The lowest BCUT2D eigenvalue weighted by atomic mass is 10.1. The van der Waals surface area contributed by atoms with Crippen LogP contribution in [-0.4, -0.2) is 22.2 Å². The van der Waals surface area contributed by atoms with E-state index in [1.165, 1.54) is 30.0 Å². The lowest BCUT2D eigenvalue weighted by Crippen LogP contribution is -2.03. The van der Waals surface area contributed by atoms with Crippen LogP contribution in [0.25, 0.3) is 0 Å². The molecule has 2 rings (SSSR count). The summed E-state index contributed by atoms with van der Waals surface area (Å²) in [6.45, 7) is 0. The first kappa shape index (κ1) is 14.1. The van der Waals surface area contributed by atoms with E-state index in [9.17, 15) is 9.59 Å². The summed E-state index contributed by atoms with van der Waals surface area (Å²) in [5.41, 5.74) is 1.26. The Kier molecular flexibility index (Phi) is 4.42. The molecule has 0 amide bonds. The molecule has 0 aliphatic rings. The van der Waals surface area contributed by atoms with E-state index >= 15 is 0 Å². The molecule has 5 heteroatoms. The van der Waals surface area contributed by atoms with Crippen LogP contribution in [-0.2, 0) is 5.75 Å². The number of aromatic carboxylic acids is 2. The third kappa shape index (κ3) is 3.39. The Morgan fingerprint density at radius 3 is 2.25 bits per heavy atom. The molecule has 0 radical (unpaired) electrons. The van der Waals surface area contributed by atoms with Gasteiger partial charge in [-0.15, -0.1) is 11.8 Å². The average molecular weight is 288 g/mol. The van der Waals surface area contributed by atoms with E-state index in [1.807, 2.05) is 30.3 Å². The highest BCUT2D eigenvalue weighted by molar-refractivity contribution is 7.98. The zero-order chi connectivity index (χ0) is 14.5. The summed E-state index contributed by atoms with van der Waals surface area (Å²) in [6, 6.07) is 13.6. The summed E-state index contributed by atoms with van der Waals surface area (Å²) >= 11 is 1.32. The van der Waals surface area contributed by atoms with Crippen molar-refractivity contribution in [1.82, 2.24) is 0 Å². The summed E-state index contributed by atoms with van der Waals surface area (Å²) in [5, 5.41) is 18.1. The van der Waals surface area contributed by atoms with E-state index in [2.05, 4.69) is 0 Å². The number of carbonyl (C=O) groups is 2. The topological polar surface area (TPSA) is 74.6 Å². The molecule has 0 heterocycles. The smallest absolute Gasteiger partial charge is 0.336 e. The van der Waals surface area contributed by atoms with Gasteiger partial charge in [-0.2, -0.15) is 0 Å². The molecule has 0 saturated carbocycles. The van der Waals surface area contributed by atoms with Gasteiger partial charge in [-0.05, 0) is 23.8 Å². The van der Waals surface area contributed by atoms with Crippen molar-refractivity contribution in [2.24, 2.45) is 0 Å². The Morgan fingerprint density at radius 2 is 1.65 bits per heavy atom. The van der Waals surface area contributed by atoms with Crippen molar-refractivity contribution in [3.8, 4) is 0 Å². The van der Waals surface area contributed by atoms with E-state index in [0.29, 0.717) is 10.6 Å². The van der Waals surface area contributed by atoms with E-state index in [-0.39, 0.29) is 11.1 Å². The molecule has 4 nitrogen and oxygen atoms in total. The minimum absolute atomic E-state index is 0.0885. The van der Waals surface area contributed by atoms with Crippen molar-refractivity contribution in [2.75, 3.05) is 0 Å². The summed E-state index contributed by atoms with van der Waals surface area (Å²) < 4.78 is 0. The molecular formula is C15H12O4S. The number of carboxylic acids is 2. The van der Waals surface area contributed by atoms with Gasteiger partial charge in [0.2, 0.25) is 0 Å². The maximum Gasteiger partial charge on any atom is 0.336 e. The fraction of sp³-hybridized carbons (Fsp3) is 0.0667. The van der Waals surface area contributed by atoms with Gasteiger partial charge in [0, 0.05) is 10.6 Å². The zero-order valence-electron chi connectivity index (χ0n) is 10.4. The Morgan fingerprint density at radius 1 is 0.950 bits per heavy atom. The first-order valence-corrected chi connectivity index (χ1v) is 6.84. The number of rotatable bonds is 5. The molecule has 20 heavy (non-hydrogen) atoms. The van der Waals surface area contributed by atoms with Crippen molar-refractivity contribution < 1.29 is 19.8 Å². The molecule has 2 aromatic carbocycles. The Labute approximate surface area is 120 Å². The van der Waals surface area contributed by atoms with Gasteiger partial charge >= 0.3 is 11.9 Å². The maximum atomic E-state index is 11.2. The van der Waals surface area contributed by atoms with E-state index < -0.39 is 11.9 Å². The summed E-state index contributed by atoms with van der Waals surface area (Å²) in [6.07, 6.45) is 0. The van der Waals surface area contributed by atoms with Crippen LogP contribution in [0, 0.1) is 0 Å². The minimum Gasteiger partial charge on any atom is -0.478 e. The second-order valence-corrected chi connectivity index (χ2v) is 5.11. The molecule has 0 spiro atoms. The molecule has 0 aliphatic carbocycles. The van der Waals surface area contributed by atoms with Gasteiger partial charge in [-0.1, -0.05) is 30.3 Å². The first-order valence-electron chi connectivity index (χ1n) is 5.85. The lowest BCUT2D eigenvalue weighted by molar-refractivity contribution is 0.0678.